The summed E-state index contributed by atoms with van der Waals surface area (Å²) in [4.78, 5) is 4.91. The molecule has 1 saturated heterocycles. The van der Waals surface area contributed by atoms with Gasteiger partial charge < -0.3 is 15.4 Å². The minimum Gasteiger partial charge on any atom is -0.377 e. The summed E-state index contributed by atoms with van der Waals surface area (Å²) in [5, 5.41) is 6.72. The Hall–Kier alpha value is -0.910. The number of rotatable bonds is 11. The molecule has 178 valence electrons. The molecule has 1 aromatic carbocycles. The van der Waals surface area contributed by atoms with Crippen LogP contribution in [0.2, 0.25) is 0 Å². The van der Waals surface area contributed by atoms with E-state index in [4.69, 9.17) is 4.74 Å². The Morgan fingerprint density at radius 1 is 1.19 bits per heavy atom. The van der Waals surface area contributed by atoms with Gasteiger partial charge in [0.1, 0.15) is 0 Å². The molecule has 0 spiro atoms. The molecule has 0 bridgehead atoms. The zero-order valence-corrected chi connectivity index (χ0v) is 22.3. The number of sulfonamides is 1. The molecule has 2 rings (SSSR count). The van der Waals surface area contributed by atoms with Gasteiger partial charge in [0.25, 0.3) is 0 Å². The Balaban J connectivity index is 0.00000480. The van der Waals surface area contributed by atoms with Crippen LogP contribution in [0.4, 0.5) is 0 Å². The lowest BCUT2D eigenvalue weighted by Crippen LogP contribution is -2.42. The normalized spacial score (nSPS) is 18.0. The van der Waals surface area contributed by atoms with Crippen molar-refractivity contribution in [1.82, 2.24) is 15.4 Å². The molecule has 7 nitrogen and oxygen atoms in total. The second-order valence-corrected chi connectivity index (χ2v) is 10.1. The van der Waals surface area contributed by atoms with Crippen molar-refractivity contribution in [3.63, 3.8) is 0 Å². The first-order chi connectivity index (χ1) is 14.3. The molecule has 1 heterocycles. The van der Waals surface area contributed by atoms with E-state index in [9.17, 15) is 8.42 Å². The van der Waals surface area contributed by atoms with Crippen LogP contribution < -0.4 is 15.4 Å². The molecule has 0 amide bonds. The van der Waals surface area contributed by atoms with Gasteiger partial charge in [-0.15, -0.1) is 24.0 Å². The van der Waals surface area contributed by atoms with Crippen LogP contribution in [0.3, 0.4) is 0 Å². The van der Waals surface area contributed by atoms with Crippen molar-refractivity contribution >= 4 is 40.0 Å². The van der Waals surface area contributed by atoms with Gasteiger partial charge in [0.2, 0.25) is 10.0 Å². The van der Waals surface area contributed by atoms with Gasteiger partial charge in [0, 0.05) is 25.7 Å². The SMILES string of the molecule is CCNC(=NCc1ccc(S(=O)(=O)NCC2CCCO2)cc1)NC(C)CCC(C)C.I. The summed E-state index contributed by atoms with van der Waals surface area (Å²) in [7, 11) is -3.52. The van der Waals surface area contributed by atoms with E-state index in [0.717, 1.165) is 37.3 Å². The molecule has 0 radical (unpaired) electrons. The predicted octanol–water partition coefficient (Wildman–Crippen LogP) is 3.64. The molecule has 1 fully saturated rings. The van der Waals surface area contributed by atoms with Gasteiger partial charge in [0.05, 0.1) is 17.5 Å². The van der Waals surface area contributed by atoms with Crippen LogP contribution in [0.1, 0.15) is 58.9 Å². The van der Waals surface area contributed by atoms with Crippen molar-refractivity contribution < 1.29 is 13.2 Å². The summed E-state index contributed by atoms with van der Waals surface area (Å²) in [5.41, 5.74) is 0.958. The number of benzene rings is 1. The lowest BCUT2D eigenvalue weighted by molar-refractivity contribution is 0.114. The highest BCUT2D eigenvalue weighted by Gasteiger charge is 2.20. The fraction of sp³-hybridized carbons (Fsp3) is 0.682. The van der Waals surface area contributed by atoms with Crippen LogP contribution in [0, 0.1) is 5.92 Å². The molecule has 0 aliphatic carbocycles. The highest BCUT2D eigenvalue weighted by atomic mass is 127. The van der Waals surface area contributed by atoms with Gasteiger partial charge in [-0.1, -0.05) is 26.0 Å². The van der Waals surface area contributed by atoms with Crippen LogP contribution in [0.5, 0.6) is 0 Å². The first-order valence-corrected chi connectivity index (χ1v) is 12.5. The number of halogens is 1. The van der Waals surface area contributed by atoms with Crippen LogP contribution >= 0.6 is 24.0 Å². The molecule has 1 aromatic rings. The highest BCUT2D eigenvalue weighted by Crippen LogP contribution is 2.14. The van der Waals surface area contributed by atoms with E-state index >= 15 is 0 Å². The predicted molar refractivity (Wildman–Crippen MR) is 138 cm³/mol. The topological polar surface area (TPSA) is 91.8 Å². The van der Waals surface area contributed by atoms with Crippen molar-refractivity contribution in [2.45, 2.75) is 77.0 Å². The molecule has 9 heteroatoms. The Morgan fingerprint density at radius 3 is 2.48 bits per heavy atom. The van der Waals surface area contributed by atoms with Gasteiger partial charge in [-0.05, 0) is 63.1 Å². The van der Waals surface area contributed by atoms with E-state index < -0.39 is 10.0 Å². The van der Waals surface area contributed by atoms with Gasteiger partial charge in [-0.3, -0.25) is 0 Å². The molecule has 0 saturated carbocycles. The van der Waals surface area contributed by atoms with E-state index in [2.05, 4.69) is 41.1 Å². The van der Waals surface area contributed by atoms with E-state index in [1.807, 2.05) is 19.1 Å². The van der Waals surface area contributed by atoms with Gasteiger partial charge in [0.15, 0.2) is 5.96 Å². The fourth-order valence-electron chi connectivity index (χ4n) is 3.24. The summed E-state index contributed by atoms with van der Waals surface area (Å²) in [6.45, 7) is 11.0. The monoisotopic (exact) mass is 566 g/mol. The number of guanidine groups is 1. The third-order valence-corrected chi connectivity index (χ3v) is 6.52. The minimum absolute atomic E-state index is 0. The summed E-state index contributed by atoms with van der Waals surface area (Å²) in [6, 6.07) is 7.24. The van der Waals surface area contributed by atoms with E-state index in [0.29, 0.717) is 31.7 Å². The van der Waals surface area contributed by atoms with Crippen LogP contribution in [-0.2, 0) is 21.3 Å². The molecule has 2 atom stereocenters. The lowest BCUT2D eigenvalue weighted by Gasteiger charge is -2.18. The quantitative estimate of drug-likeness (QED) is 0.216. The maximum Gasteiger partial charge on any atom is 0.240 e. The third kappa shape index (κ3) is 10.5. The smallest absolute Gasteiger partial charge is 0.240 e. The third-order valence-electron chi connectivity index (χ3n) is 5.08. The number of hydrogen-bond donors (Lipinski definition) is 3. The van der Waals surface area contributed by atoms with E-state index in [1.54, 1.807) is 12.1 Å². The zero-order chi connectivity index (χ0) is 22.0. The first-order valence-electron chi connectivity index (χ1n) is 11.0. The molecule has 1 aliphatic heterocycles. The average molecular weight is 567 g/mol. The average Bonchev–Trinajstić information content (AvgIpc) is 3.23. The number of aliphatic imine (C=N–C) groups is 1. The van der Waals surface area contributed by atoms with Crippen LogP contribution in [0.25, 0.3) is 0 Å². The molecular formula is C22H39IN4O3S. The number of ether oxygens (including phenoxy) is 1. The van der Waals surface area contributed by atoms with E-state index in [-0.39, 0.29) is 35.0 Å². The Labute approximate surface area is 205 Å². The summed E-state index contributed by atoms with van der Waals surface area (Å²) in [5.74, 6) is 1.47. The second-order valence-electron chi connectivity index (χ2n) is 8.34. The Kier molecular flexibility index (Phi) is 13.0. The van der Waals surface area contributed by atoms with Crippen molar-refractivity contribution in [2.75, 3.05) is 19.7 Å². The van der Waals surface area contributed by atoms with Crippen molar-refractivity contribution in [3.05, 3.63) is 29.8 Å². The maximum atomic E-state index is 12.5. The zero-order valence-electron chi connectivity index (χ0n) is 19.2. The van der Waals surface area contributed by atoms with Crippen LogP contribution in [0.15, 0.2) is 34.2 Å². The number of nitrogens with zero attached hydrogens (tertiary/aromatic N) is 1. The summed E-state index contributed by atoms with van der Waals surface area (Å²) in [6.07, 6.45) is 4.13. The standard InChI is InChI=1S/C22H38N4O3S.HI/c1-5-23-22(26-18(4)9-8-17(2)3)24-15-19-10-12-21(13-11-19)30(27,28)25-16-20-7-6-14-29-20;/h10-13,17-18,20,25H,5-9,14-16H2,1-4H3,(H2,23,24,26);1H. The largest absolute Gasteiger partial charge is 0.377 e. The van der Waals surface area contributed by atoms with E-state index in [1.165, 1.54) is 6.42 Å². The summed E-state index contributed by atoms with van der Waals surface area (Å²) < 4.78 is 33.1. The first kappa shape index (κ1) is 28.1. The second kappa shape index (κ2) is 14.3. The summed E-state index contributed by atoms with van der Waals surface area (Å²) >= 11 is 0. The molecule has 2 unspecified atom stereocenters. The van der Waals surface area contributed by atoms with Crippen molar-refractivity contribution in [2.24, 2.45) is 10.9 Å². The number of nitrogens with one attached hydrogen (secondary N) is 3. The van der Waals surface area contributed by atoms with Gasteiger partial charge in [-0.25, -0.2) is 18.1 Å². The van der Waals surface area contributed by atoms with Gasteiger partial charge >= 0.3 is 0 Å². The highest BCUT2D eigenvalue weighted by molar-refractivity contribution is 14.0. The van der Waals surface area contributed by atoms with Crippen molar-refractivity contribution in [3.8, 4) is 0 Å². The molecule has 0 aromatic heterocycles. The van der Waals surface area contributed by atoms with Crippen LogP contribution in [-0.4, -0.2) is 46.2 Å². The number of hydrogen-bond acceptors (Lipinski definition) is 4. The molecule has 31 heavy (non-hydrogen) atoms. The lowest BCUT2D eigenvalue weighted by atomic mass is 10.0. The van der Waals surface area contributed by atoms with Gasteiger partial charge in [-0.2, -0.15) is 0 Å². The Morgan fingerprint density at radius 2 is 1.90 bits per heavy atom. The molecular weight excluding hydrogens is 527 g/mol. The molecule has 1 aliphatic rings. The fourth-order valence-corrected chi connectivity index (χ4v) is 4.31. The molecule has 3 N–H and O–H groups in total. The maximum absolute atomic E-state index is 12.5. The Bertz CT molecular complexity index is 763. The minimum atomic E-state index is -3.52. The van der Waals surface area contributed by atoms with Crippen molar-refractivity contribution in [1.29, 1.82) is 0 Å².